The predicted molar refractivity (Wildman–Crippen MR) is 122 cm³/mol. The van der Waals surface area contributed by atoms with Crippen LogP contribution in [0.1, 0.15) is 26.2 Å². The van der Waals surface area contributed by atoms with Gasteiger partial charge in [0.25, 0.3) is 5.91 Å². The molecule has 1 heterocycles. The largest absolute Gasteiger partial charge is 0.604 e. The molecule has 1 saturated carbocycles. The van der Waals surface area contributed by atoms with Crippen LogP contribution in [0, 0.1) is 28.6 Å². The molecular weight excluding hydrogens is 469 g/mol. The summed E-state index contributed by atoms with van der Waals surface area (Å²) in [7, 11) is 0. The molecule has 8 nitrogen and oxygen atoms in total. The third-order valence-corrected chi connectivity index (χ3v) is 7.24. The summed E-state index contributed by atoms with van der Waals surface area (Å²) in [4.78, 5) is 13.9. The Balaban J connectivity index is 1.62. The molecule has 0 aromatic heterocycles. The van der Waals surface area contributed by atoms with E-state index in [4.69, 9.17) is 11.1 Å². The van der Waals surface area contributed by atoms with Gasteiger partial charge in [-0.3, -0.25) is 15.1 Å². The lowest BCUT2D eigenvalue weighted by Crippen LogP contribution is -2.54. The molecule has 2 aliphatic rings. The SMILES string of the molecule is CC1CN([C@@H]2CC[C@H](N/C=C(\C(=N)Nc3ccc([S+]([O-])C(F)(F)F)cc3)C(N)=O)C(C#N)C2)C1. The van der Waals surface area contributed by atoms with Crippen LogP contribution in [-0.2, 0) is 16.0 Å². The maximum absolute atomic E-state index is 12.6. The van der Waals surface area contributed by atoms with Crippen molar-refractivity contribution in [2.24, 2.45) is 17.6 Å². The van der Waals surface area contributed by atoms with Crippen molar-refractivity contribution >= 4 is 28.6 Å². The Kier molecular flexibility index (Phi) is 8.12. The average Bonchev–Trinajstić information content (AvgIpc) is 2.76. The van der Waals surface area contributed by atoms with E-state index in [1.165, 1.54) is 18.3 Å². The molecule has 3 rings (SSSR count). The fraction of sp³-hybridized carbons (Fsp3) is 0.500. The van der Waals surface area contributed by atoms with Gasteiger partial charge in [-0.1, -0.05) is 6.92 Å². The number of hydrogen-bond donors (Lipinski definition) is 4. The number of nitriles is 1. The van der Waals surface area contributed by atoms with E-state index in [9.17, 15) is 27.8 Å². The van der Waals surface area contributed by atoms with Gasteiger partial charge in [0.15, 0.2) is 4.90 Å². The standard InChI is InChI=1S/C22H27F3N6O2S/c1-13-11-31(12-13)16-4-7-19(14(8-16)9-26)29-10-18(21(28)32)20(27)30-15-2-5-17(6-3-15)34(33)22(23,24)25/h2-3,5-6,10,13-14,16,19,29H,4,7-8,11-12H2,1H3,(H2,27,30)(H2,28,32)/b18-10+/t14?,16-,19+,34?/m1/s1. The number of nitrogens with zero attached hydrogens (tertiary/aromatic N) is 2. The number of alkyl halides is 3. The Labute approximate surface area is 199 Å². The lowest BCUT2D eigenvalue weighted by Gasteiger charge is -2.46. The Hall–Kier alpha value is -2.75. The van der Waals surface area contributed by atoms with Crippen molar-refractivity contribution in [1.82, 2.24) is 10.2 Å². The van der Waals surface area contributed by atoms with Crippen molar-refractivity contribution in [2.45, 2.75) is 48.7 Å². The number of likely N-dealkylation sites (tertiary alicyclic amines) is 1. The number of primary amides is 1. The Morgan fingerprint density at radius 2 is 1.97 bits per heavy atom. The minimum atomic E-state index is -4.87. The minimum Gasteiger partial charge on any atom is -0.604 e. The van der Waals surface area contributed by atoms with Crippen LogP contribution >= 0.6 is 0 Å². The molecule has 184 valence electrons. The summed E-state index contributed by atoms with van der Waals surface area (Å²) in [6.45, 7) is 4.29. The van der Waals surface area contributed by atoms with Crippen molar-refractivity contribution in [3.63, 3.8) is 0 Å². The summed E-state index contributed by atoms with van der Waals surface area (Å²) in [5, 5.41) is 23.5. The number of amides is 1. The zero-order chi connectivity index (χ0) is 25.0. The molecule has 1 amide bonds. The van der Waals surface area contributed by atoms with Gasteiger partial charge in [0.2, 0.25) is 0 Å². The molecule has 5 N–H and O–H groups in total. The number of carbonyl (C=O) groups is 1. The maximum Gasteiger partial charge on any atom is 0.578 e. The quantitative estimate of drug-likeness (QED) is 0.198. The van der Waals surface area contributed by atoms with Crippen LogP contribution in [0.3, 0.4) is 0 Å². The summed E-state index contributed by atoms with van der Waals surface area (Å²) in [6.07, 6.45) is 3.69. The zero-order valence-electron chi connectivity index (χ0n) is 18.6. The summed E-state index contributed by atoms with van der Waals surface area (Å²) in [5.74, 6) is -0.818. The van der Waals surface area contributed by atoms with Gasteiger partial charge in [-0.15, -0.1) is 13.2 Å². The predicted octanol–water partition coefficient (Wildman–Crippen LogP) is 2.67. The van der Waals surface area contributed by atoms with E-state index in [0.717, 1.165) is 44.5 Å². The molecule has 1 aromatic carbocycles. The number of amidine groups is 1. The second-order valence-electron chi connectivity index (χ2n) is 8.70. The lowest BCUT2D eigenvalue weighted by molar-refractivity contribution is -0.114. The van der Waals surface area contributed by atoms with Crippen LogP contribution in [0.4, 0.5) is 18.9 Å². The van der Waals surface area contributed by atoms with Crippen LogP contribution in [0.2, 0.25) is 0 Å². The Morgan fingerprint density at radius 3 is 2.50 bits per heavy atom. The van der Waals surface area contributed by atoms with Gasteiger partial charge in [0.05, 0.1) is 28.7 Å². The molecule has 1 aliphatic carbocycles. The summed E-state index contributed by atoms with van der Waals surface area (Å²) >= 11 is -3.16. The molecule has 34 heavy (non-hydrogen) atoms. The third-order valence-electron chi connectivity index (χ3n) is 6.12. The highest BCUT2D eigenvalue weighted by molar-refractivity contribution is 7.92. The second kappa shape index (κ2) is 10.7. The first-order valence-electron chi connectivity index (χ1n) is 10.8. The summed E-state index contributed by atoms with van der Waals surface area (Å²) in [5.41, 5.74) is 0.603. The second-order valence-corrected chi connectivity index (χ2v) is 10.2. The van der Waals surface area contributed by atoms with Crippen molar-refractivity contribution < 1.29 is 22.5 Å². The molecule has 0 bridgehead atoms. The smallest absolute Gasteiger partial charge is 0.578 e. The average molecular weight is 497 g/mol. The molecule has 2 unspecified atom stereocenters. The van der Waals surface area contributed by atoms with Gasteiger partial charge in [0.1, 0.15) is 5.84 Å². The fourth-order valence-corrected chi connectivity index (χ4v) is 4.98. The van der Waals surface area contributed by atoms with E-state index in [1.54, 1.807) is 0 Å². The molecular formula is C22H27F3N6O2S. The van der Waals surface area contributed by atoms with E-state index in [2.05, 4.69) is 28.5 Å². The fourth-order valence-electron chi connectivity index (χ4n) is 4.33. The number of nitrogens with two attached hydrogens (primary N) is 1. The molecule has 1 aromatic rings. The number of benzene rings is 1. The maximum atomic E-state index is 12.6. The Bertz CT molecular complexity index is 972. The topological polar surface area (TPSA) is 141 Å². The van der Waals surface area contributed by atoms with Gasteiger partial charge < -0.3 is 20.9 Å². The van der Waals surface area contributed by atoms with Gasteiger partial charge in [-0.05, 0) is 49.4 Å². The normalized spacial score (nSPS) is 25.1. The zero-order valence-corrected chi connectivity index (χ0v) is 19.4. The van der Waals surface area contributed by atoms with Crippen LogP contribution < -0.4 is 16.4 Å². The van der Waals surface area contributed by atoms with Crippen LogP contribution in [0.25, 0.3) is 0 Å². The minimum absolute atomic E-state index is 0.168. The van der Waals surface area contributed by atoms with Gasteiger partial charge >= 0.3 is 5.51 Å². The number of hydrogen-bond acceptors (Lipinski definition) is 6. The lowest BCUT2D eigenvalue weighted by atomic mass is 9.80. The highest BCUT2D eigenvalue weighted by Crippen LogP contribution is 2.32. The van der Waals surface area contributed by atoms with E-state index < -0.39 is 27.5 Å². The molecule has 1 saturated heterocycles. The number of nitrogens with one attached hydrogen (secondary N) is 3. The third kappa shape index (κ3) is 6.22. The summed E-state index contributed by atoms with van der Waals surface area (Å²) in [6, 6.07) is 7.02. The molecule has 12 heteroatoms. The highest BCUT2D eigenvalue weighted by Gasteiger charge is 2.46. The van der Waals surface area contributed by atoms with Gasteiger partial charge in [0, 0.05) is 37.1 Å². The van der Waals surface area contributed by atoms with Gasteiger partial charge in [-0.25, -0.2) is 0 Å². The highest BCUT2D eigenvalue weighted by atomic mass is 32.2. The van der Waals surface area contributed by atoms with E-state index >= 15 is 0 Å². The molecule has 0 spiro atoms. The van der Waals surface area contributed by atoms with Gasteiger partial charge in [-0.2, -0.15) is 5.26 Å². The van der Waals surface area contributed by atoms with E-state index in [1.807, 2.05) is 0 Å². The monoisotopic (exact) mass is 496 g/mol. The molecule has 2 fully saturated rings. The number of anilines is 1. The number of halogens is 3. The van der Waals surface area contributed by atoms with Crippen molar-refractivity contribution in [3.8, 4) is 6.07 Å². The first-order chi connectivity index (χ1) is 16.0. The summed E-state index contributed by atoms with van der Waals surface area (Å²) < 4.78 is 49.2. The number of carbonyl (C=O) groups excluding carboxylic acids is 1. The molecule has 1 aliphatic heterocycles. The van der Waals surface area contributed by atoms with Crippen LogP contribution in [0.5, 0.6) is 0 Å². The Morgan fingerprint density at radius 1 is 1.32 bits per heavy atom. The van der Waals surface area contributed by atoms with Crippen LogP contribution in [0.15, 0.2) is 40.9 Å². The van der Waals surface area contributed by atoms with E-state index in [-0.39, 0.29) is 29.1 Å². The first-order valence-corrected chi connectivity index (χ1v) is 12.0. The molecule has 4 atom stereocenters. The molecule has 0 radical (unpaired) electrons. The number of rotatable bonds is 7. The van der Waals surface area contributed by atoms with Crippen molar-refractivity contribution in [3.05, 3.63) is 36.0 Å². The first kappa shape index (κ1) is 25.9. The van der Waals surface area contributed by atoms with Crippen LogP contribution in [-0.4, -0.2) is 51.9 Å². The van der Waals surface area contributed by atoms with E-state index in [0.29, 0.717) is 12.0 Å². The van der Waals surface area contributed by atoms with Crippen molar-refractivity contribution in [1.29, 1.82) is 10.7 Å². The van der Waals surface area contributed by atoms with Crippen molar-refractivity contribution in [2.75, 3.05) is 18.4 Å².